The first kappa shape index (κ1) is 19.3. The molecule has 154 valence electrons. The number of rotatable bonds is 4. The summed E-state index contributed by atoms with van der Waals surface area (Å²) in [5.74, 6) is 2.38. The van der Waals surface area contributed by atoms with Crippen LogP contribution in [0.4, 0.5) is 5.69 Å². The highest BCUT2D eigenvalue weighted by molar-refractivity contribution is 6.30. The molecule has 1 aliphatic heterocycles. The number of benzene rings is 3. The number of fused-ring (bicyclic) bond motifs is 3. The molecule has 2 N–H and O–H groups in total. The lowest BCUT2D eigenvalue weighted by atomic mass is 10.00. The van der Waals surface area contributed by atoms with Crippen LogP contribution in [0.25, 0.3) is 5.69 Å². The molecule has 6 nitrogen and oxygen atoms in total. The molecule has 1 aromatic heterocycles. The fraction of sp³-hybridized carbons (Fsp3) is 0.125. The van der Waals surface area contributed by atoms with Crippen molar-refractivity contribution in [1.82, 2.24) is 14.8 Å². The lowest BCUT2D eigenvalue weighted by molar-refractivity contribution is 0.306. The molecule has 7 heteroatoms. The molecular formula is C24H20ClN5O. The average molecular weight is 430 g/mol. The van der Waals surface area contributed by atoms with Crippen LogP contribution in [-0.2, 0) is 13.2 Å². The number of hydrogen-bond donors (Lipinski definition) is 1. The highest BCUT2D eigenvalue weighted by Gasteiger charge is 2.22. The Morgan fingerprint density at radius 3 is 2.55 bits per heavy atom. The van der Waals surface area contributed by atoms with Crippen molar-refractivity contribution in [2.45, 2.75) is 20.1 Å². The van der Waals surface area contributed by atoms with E-state index in [-0.39, 0.29) is 0 Å². The van der Waals surface area contributed by atoms with E-state index >= 15 is 0 Å². The summed E-state index contributed by atoms with van der Waals surface area (Å²) in [6, 6.07) is 21.4. The zero-order valence-corrected chi connectivity index (χ0v) is 17.7. The highest BCUT2D eigenvalue weighted by Crippen LogP contribution is 2.29. The number of hydrogen-bond acceptors (Lipinski definition) is 5. The minimum Gasteiger partial charge on any atom is -0.489 e. The number of ether oxygens (including phenoxy) is 1. The van der Waals surface area contributed by atoms with Crippen molar-refractivity contribution in [2.75, 3.05) is 5.73 Å². The van der Waals surface area contributed by atoms with Gasteiger partial charge < -0.3 is 10.5 Å². The first-order valence-corrected chi connectivity index (χ1v) is 10.3. The van der Waals surface area contributed by atoms with Gasteiger partial charge >= 0.3 is 0 Å². The van der Waals surface area contributed by atoms with Crippen molar-refractivity contribution in [2.24, 2.45) is 4.99 Å². The van der Waals surface area contributed by atoms with Gasteiger partial charge in [-0.3, -0.25) is 9.56 Å². The molecule has 0 bridgehead atoms. The average Bonchev–Trinajstić information content (AvgIpc) is 3.06. The second-order valence-corrected chi connectivity index (χ2v) is 7.82. The van der Waals surface area contributed by atoms with Gasteiger partial charge in [0.1, 0.15) is 24.7 Å². The van der Waals surface area contributed by atoms with Crippen molar-refractivity contribution in [3.05, 3.63) is 100 Å². The summed E-state index contributed by atoms with van der Waals surface area (Å²) in [4.78, 5) is 4.87. The van der Waals surface area contributed by atoms with Crippen LogP contribution >= 0.6 is 11.6 Å². The van der Waals surface area contributed by atoms with Gasteiger partial charge in [0.25, 0.3) is 0 Å². The van der Waals surface area contributed by atoms with Crippen molar-refractivity contribution in [3.8, 4) is 11.4 Å². The van der Waals surface area contributed by atoms with Crippen molar-refractivity contribution in [3.63, 3.8) is 0 Å². The molecule has 0 radical (unpaired) electrons. The Morgan fingerprint density at radius 1 is 1.00 bits per heavy atom. The first-order chi connectivity index (χ1) is 15.1. The summed E-state index contributed by atoms with van der Waals surface area (Å²) in [5, 5.41) is 9.23. The predicted molar refractivity (Wildman–Crippen MR) is 122 cm³/mol. The van der Waals surface area contributed by atoms with Crippen molar-refractivity contribution in [1.29, 1.82) is 0 Å². The summed E-state index contributed by atoms with van der Waals surface area (Å²) in [5.41, 5.74) is 11.3. The molecule has 2 heterocycles. The molecule has 3 aromatic carbocycles. The van der Waals surface area contributed by atoms with E-state index in [1.165, 1.54) is 0 Å². The minimum absolute atomic E-state index is 0.440. The van der Waals surface area contributed by atoms with Crippen LogP contribution in [0.1, 0.15) is 28.3 Å². The smallest absolute Gasteiger partial charge is 0.159 e. The van der Waals surface area contributed by atoms with E-state index in [4.69, 9.17) is 27.1 Å². The van der Waals surface area contributed by atoms with E-state index in [9.17, 15) is 0 Å². The SMILES string of the molecule is Cc1nnc2n1-c1ccc(OCc3ccc(N)cc3)cc1C(c1ccc(Cl)cc1)=NC2. The predicted octanol–water partition coefficient (Wildman–Crippen LogP) is 4.74. The maximum absolute atomic E-state index is 6.10. The largest absolute Gasteiger partial charge is 0.489 e. The molecule has 1 aliphatic rings. The van der Waals surface area contributed by atoms with Crippen molar-refractivity contribution < 1.29 is 4.74 Å². The minimum atomic E-state index is 0.440. The van der Waals surface area contributed by atoms with Gasteiger partial charge in [-0.1, -0.05) is 35.9 Å². The van der Waals surface area contributed by atoms with Crippen LogP contribution in [0.15, 0.2) is 71.7 Å². The summed E-state index contributed by atoms with van der Waals surface area (Å²) >= 11 is 6.10. The Kier molecular flexibility index (Phi) is 4.92. The van der Waals surface area contributed by atoms with Crippen LogP contribution < -0.4 is 10.5 Å². The van der Waals surface area contributed by atoms with Crippen molar-refractivity contribution >= 4 is 23.0 Å². The molecule has 0 atom stereocenters. The van der Waals surface area contributed by atoms with E-state index < -0.39 is 0 Å². The number of nitrogens with two attached hydrogens (primary N) is 1. The Balaban J connectivity index is 1.56. The van der Waals surface area contributed by atoms with Crippen LogP contribution in [0, 0.1) is 6.92 Å². The second kappa shape index (κ2) is 7.89. The van der Waals surface area contributed by atoms with Gasteiger partial charge in [-0.25, -0.2) is 0 Å². The molecule has 0 unspecified atom stereocenters. The summed E-state index contributed by atoms with van der Waals surface area (Å²) in [6.07, 6.45) is 0. The van der Waals surface area contributed by atoms with E-state index in [0.717, 1.165) is 51.2 Å². The number of anilines is 1. The van der Waals surface area contributed by atoms with Gasteiger partial charge in [0.2, 0.25) is 0 Å². The summed E-state index contributed by atoms with van der Waals surface area (Å²) in [7, 11) is 0. The van der Waals surface area contributed by atoms with Gasteiger partial charge in [0.05, 0.1) is 11.4 Å². The Hall–Kier alpha value is -3.64. The Morgan fingerprint density at radius 2 is 1.77 bits per heavy atom. The fourth-order valence-corrected chi connectivity index (χ4v) is 3.81. The van der Waals surface area contributed by atoms with Gasteiger partial charge in [-0.15, -0.1) is 10.2 Å². The summed E-state index contributed by atoms with van der Waals surface area (Å²) in [6.45, 7) is 2.83. The number of aryl methyl sites for hydroxylation is 1. The zero-order valence-electron chi connectivity index (χ0n) is 16.9. The third-order valence-electron chi connectivity index (χ3n) is 5.24. The van der Waals surface area contributed by atoms with Crippen LogP contribution in [0.2, 0.25) is 5.02 Å². The molecule has 0 saturated carbocycles. The molecule has 0 aliphatic carbocycles. The molecule has 31 heavy (non-hydrogen) atoms. The van der Waals surface area contributed by atoms with Crippen LogP contribution in [0.3, 0.4) is 0 Å². The maximum atomic E-state index is 6.10. The molecule has 5 rings (SSSR count). The highest BCUT2D eigenvalue weighted by atomic mass is 35.5. The Bertz CT molecular complexity index is 1280. The molecule has 0 amide bonds. The van der Waals surface area contributed by atoms with Gasteiger partial charge in [0, 0.05) is 21.8 Å². The number of aromatic nitrogens is 3. The number of aliphatic imine (C=N–C) groups is 1. The van der Waals surface area contributed by atoms with E-state index in [1.807, 2.05) is 78.2 Å². The Labute approximate surface area is 185 Å². The molecule has 0 fully saturated rings. The zero-order chi connectivity index (χ0) is 21.4. The normalized spacial score (nSPS) is 12.5. The second-order valence-electron chi connectivity index (χ2n) is 7.38. The monoisotopic (exact) mass is 429 g/mol. The number of nitrogen functional groups attached to an aromatic ring is 1. The molecule has 0 saturated heterocycles. The van der Waals surface area contributed by atoms with E-state index in [2.05, 4.69) is 10.2 Å². The van der Waals surface area contributed by atoms with Crippen LogP contribution in [0.5, 0.6) is 5.75 Å². The quantitative estimate of drug-likeness (QED) is 0.475. The number of nitrogens with zero attached hydrogens (tertiary/aromatic N) is 4. The summed E-state index contributed by atoms with van der Waals surface area (Å²) < 4.78 is 8.13. The third kappa shape index (κ3) is 3.78. The van der Waals surface area contributed by atoms with Gasteiger partial charge in [0.15, 0.2) is 5.82 Å². The van der Waals surface area contributed by atoms with Gasteiger partial charge in [-0.05, 0) is 55.0 Å². The molecule has 4 aromatic rings. The molecule has 0 spiro atoms. The van der Waals surface area contributed by atoms with E-state index in [1.54, 1.807) is 0 Å². The standard InChI is InChI=1S/C24H20ClN5O/c1-15-28-29-23-13-27-24(17-4-6-18(25)7-5-17)21-12-20(10-11-22(21)30(15)23)31-14-16-2-8-19(26)9-3-16/h2-12H,13-14,26H2,1H3. The first-order valence-electron chi connectivity index (χ1n) is 9.92. The maximum Gasteiger partial charge on any atom is 0.159 e. The third-order valence-corrected chi connectivity index (χ3v) is 5.49. The topological polar surface area (TPSA) is 78.3 Å². The molecular weight excluding hydrogens is 410 g/mol. The van der Waals surface area contributed by atoms with Gasteiger partial charge in [-0.2, -0.15) is 0 Å². The van der Waals surface area contributed by atoms with Crippen LogP contribution in [-0.4, -0.2) is 20.5 Å². The lowest BCUT2D eigenvalue weighted by Gasteiger charge is -2.15. The number of halogens is 1. The fourth-order valence-electron chi connectivity index (χ4n) is 3.68. The lowest BCUT2D eigenvalue weighted by Crippen LogP contribution is -2.09. The van der Waals surface area contributed by atoms with E-state index in [0.29, 0.717) is 18.2 Å².